The summed E-state index contributed by atoms with van der Waals surface area (Å²) in [4.78, 5) is 23.7. The second-order valence-corrected chi connectivity index (χ2v) is 7.47. The Balaban J connectivity index is 1.61. The number of nitrogens with one attached hydrogen (secondary N) is 1. The van der Waals surface area contributed by atoms with Crippen molar-refractivity contribution in [2.75, 3.05) is 5.32 Å². The van der Waals surface area contributed by atoms with Crippen molar-refractivity contribution in [1.82, 2.24) is 0 Å². The minimum Gasteiger partial charge on any atom is -0.481 e. The summed E-state index contributed by atoms with van der Waals surface area (Å²) in [6.45, 7) is 1.96. The standard InChI is InChI=1S/C24H22ClNO4/c1-16-2-4-17(5-3-16)18(15-24(28)29)14-23(27)26-20-8-12-22(13-9-20)30-21-10-6-19(25)7-11-21/h2-13,18H,14-15H2,1H3,(H,26,27)(H,28,29). The highest BCUT2D eigenvalue weighted by atomic mass is 35.5. The lowest BCUT2D eigenvalue weighted by molar-refractivity contribution is -0.137. The number of hydrogen-bond donors (Lipinski definition) is 2. The number of carbonyl (C=O) groups is 2. The zero-order valence-electron chi connectivity index (χ0n) is 16.5. The molecule has 0 heterocycles. The normalized spacial score (nSPS) is 11.5. The summed E-state index contributed by atoms with van der Waals surface area (Å²) in [5.41, 5.74) is 2.53. The molecule has 0 aromatic heterocycles. The van der Waals surface area contributed by atoms with Crippen molar-refractivity contribution in [3.05, 3.63) is 88.9 Å². The number of amides is 1. The number of aliphatic carboxylic acids is 1. The van der Waals surface area contributed by atoms with E-state index in [1.165, 1.54) is 0 Å². The van der Waals surface area contributed by atoms with E-state index in [-0.39, 0.29) is 18.7 Å². The summed E-state index contributed by atoms with van der Waals surface area (Å²) in [5, 5.41) is 12.7. The molecule has 5 nitrogen and oxygen atoms in total. The first-order chi connectivity index (χ1) is 14.4. The second-order valence-electron chi connectivity index (χ2n) is 7.04. The van der Waals surface area contributed by atoms with Gasteiger partial charge in [0, 0.05) is 23.0 Å². The van der Waals surface area contributed by atoms with Crippen molar-refractivity contribution in [3.8, 4) is 11.5 Å². The molecule has 3 aromatic carbocycles. The Morgan fingerprint density at radius 3 is 2.03 bits per heavy atom. The maximum atomic E-state index is 12.5. The van der Waals surface area contributed by atoms with Gasteiger partial charge in [-0.15, -0.1) is 0 Å². The van der Waals surface area contributed by atoms with Crippen LogP contribution in [0, 0.1) is 6.92 Å². The molecule has 2 N–H and O–H groups in total. The van der Waals surface area contributed by atoms with Crippen molar-refractivity contribution < 1.29 is 19.4 Å². The lowest BCUT2D eigenvalue weighted by atomic mass is 9.91. The van der Waals surface area contributed by atoms with E-state index in [1.54, 1.807) is 48.5 Å². The predicted molar refractivity (Wildman–Crippen MR) is 117 cm³/mol. The third-order valence-corrected chi connectivity index (χ3v) is 4.84. The first-order valence-corrected chi connectivity index (χ1v) is 9.88. The highest BCUT2D eigenvalue weighted by molar-refractivity contribution is 6.30. The zero-order valence-corrected chi connectivity index (χ0v) is 17.2. The third-order valence-electron chi connectivity index (χ3n) is 4.59. The molecular weight excluding hydrogens is 402 g/mol. The van der Waals surface area contributed by atoms with Gasteiger partial charge in [0.05, 0.1) is 6.42 Å². The van der Waals surface area contributed by atoms with Gasteiger partial charge in [0.15, 0.2) is 0 Å². The highest BCUT2D eigenvalue weighted by Crippen LogP contribution is 2.26. The van der Waals surface area contributed by atoms with Gasteiger partial charge in [-0.05, 0) is 61.0 Å². The molecule has 154 valence electrons. The SMILES string of the molecule is Cc1ccc(C(CC(=O)O)CC(=O)Nc2ccc(Oc3ccc(Cl)cc3)cc2)cc1. The van der Waals surface area contributed by atoms with Crippen LogP contribution in [0.15, 0.2) is 72.8 Å². The molecule has 0 aliphatic carbocycles. The van der Waals surface area contributed by atoms with Gasteiger partial charge in [0.1, 0.15) is 11.5 Å². The molecule has 3 aromatic rings. The lowest BCUT2D eigenvalue weighted by Crippen LogP contribution is -2.17. The topological polar surface area (TPSA) is 75.6 Å². The Hall–Kier alpha value is -3.31. The van der Waals surface area contributed by atoms with Crippen LogP contribution >= 0.6 is 11.6 Å². The summed E-state index contributed by atoms with van der Waals surface area (Å²) in [6, 6.07) is 21.6. The van der Waals surface area contributed by atoms with Gasteiger partial charge in [-0.2, -0.15) is 0 Å². The van der Waals surface area contributed by atoms with Crippen LogP contribution in [0.3, 0.4) is 0 Å². The molecule has 0 radical (unpaired) electrons. The first-order valence-electron chi connectivity index (χ1n) is 9.51. The first kappa shape index (κ1) is 21.4. The molecule has 1 amide bonds. The fourth-order valence-electron chi connectivity index (χ4n) is 3.04. The molecule has 0 fully saturated rings. The maximum absolute atomic E-state index is 12.5. The van der Waals surface area contributed by atoms with Gasteiger partial charge in [0.25, 0.3) is 0 Å². The van der Waals surface area contributed by atoms with Crippen molar-refractivity contribution in [1.29, 1.82) is 0 Å². The van der Waals surface area contributed by atoms with E-state index in [0.717, 1.165) is 11.1 Å². The molecule has 0 aliphatic rings. The molecular formula is C24H22ClNO4. The van der Waals surface area contributed by atoms with Crippen LogP contribution in [0.25, 0.3) is 0 Å². The molecule has 3 rings (SSSR count). The van der Waals surface area contributed by atoms with E-state index < -0.39 is 11.9 Å². The quantitative estimate of drug-likeness (QED) is 0.464. The maximum Gasteiger partial charge on any atom is 0.303 e. The summed E-state index contributed by atoms with van der Waals surface area (Å²) >= 11 is 5.87. The van der Waals surface area contributed by atoms with Gasteiger partial charge < -0.3 is 15.2 Å². The molecule has 0 saturated carbocycles. The largest absolute Gasteiger partial charge is 0.481 e. The van der Waals surface area contributed by atoms with Gasteiger partial charge in [0.2, 0.25) is 5.91 Å². The van der Waals surface area contributed by atoms with E-state index >= 15 is 0 Å². The van der Waals surface area contributed by atoms with Gasteiger partial charge in [-0.1, -0.05) is 41.4 Å². The van der Waals surface area contributed by atoms with Crippen LogP contribution < -0.4 is 10.1 Å². The monoisotopic (exact) mass is 423 g/mol. The average Bonchev–Trinajstić information content (AvgIpc) is 2.71. The minimum absolute atomic E-state index is 0.0817. The van der Waals surface area contributed by atoms with Crippen LogP contribution in [-0.4, -0.2) is 17.0 Å². The highest BCUT2D eigenvalue weighted by Gasteiger charge is 2.19. The second kappa shape index (κ2) is 9.94. The van der Waals surface area contributed by atoms with Crippen molar-refractivity contribution in [3.63, 3.8) is 0 Å². The predicted octanol–water partition coefficient (Wildman–Crippen LogP) is 6.03. The molecule has 0 saturated heterocycles. The minimum atomic E-state index is -0.933. The number of hydrogen-bond acceptors (Lipinski definition) is 3. The average molecular weight is 424 g/mol. The Kier molecular flexibility index (Phi) is 7.09. The molecule has 0 bridgehead atoms. The fraction of sp³-hybridized carbons (Fsp3) is 0.167. The van der Waals surface area contributed by atoms with Crippen molar-refractivity contribution in [2.45, 2.75) is 25.7 Å². The Morgan fingerprint density at radius 2 is 1.47 bits per heavy atom. The van der Waals surface area contributed by atoms with Gasteiger partial charge >= 0.3 is 5.97 Å². The number of halogens is 1. The van der Waals surface area contributed by atoms with E-state index in [1.807, 2.05) is 31.2 Å². The van der Waals surface area contributed by atoms with Gasteiger partial charge in [-0.3, -0.25) is 9.59 Å². The molecule has 0 spiro atoms. The summed E-state index contributed by atoms with van der Waals surface area (Å²) in [7, 11) is 0. The number of anilines is 1. The number of carboxylic acid groups (broad SMARTS) is 1. The number of carbonyl (C=O) groups excluding carboxylic acids is 1. The van der Waals surface area contributed by atoms with E-state index in [0.29, 0.717) is 22.2 Å². The summed E-state index contributed by atoms with van der Waals surface area (Å²) in [6.07, 6.45) is -0.0251. The molecule has 1 unspecified atom stereocenters. The number of aryl methyl sites for hydroxylation is 1. The lowest BCUT2D eigenvalue weighted by Gasteiger charge is -2.16. The summed E-state index contributed by atoms with van der Waals surface area (Å²) in [5.74, 6) is -0.287. The fourth-order valence-corrected chi connectivity index (χ4v) is 3.16. The van der Waals surface area contributed by atoms with Gasteiger partial charge in [-0.25, -0.2) is 0 Å². The Morgan fingerprint density at radius 1 is 0.900 bits per heavy atom. The number of ether oxygens (including phenoxy) is 1. The zero-order chi connectivity index (χ0) is 21.5. The van der Waals surface area contributed by atoms with Crippen LogP contribution in [0.4, 0.5) is 5.69 Å². The Labute approximate surface area is 180 Å². The van der Waals surface area contributed by atoms with Crippen LogP contribution in [-0.2, 0) is 9.59 Å². The number of carboxylic acids is 1. The van der Waals surface area contributed by atoms with Crippen LogP contribution in [0.1, 0.15) is 29.9 Å². The van der Waals surface area contributed by atoms with Crippen LogP contribution in [0.2, 0.25) is 5.02 Å². The number of rotatable bonds is 8. The van der Waals surface area contributed by atoms with E-state index in [4.69, 9.17) is 16.3 Å². The van der Waals surface area contributed by atoms with Crippen molar-refractivity contribution >= 4 is 29.2 Å². The van der Waals surface area contributed by atoms with Crippen LogP contribution in [0.5, 0.6) is 11.5 Å². The molecule has 0 aliphatic heterocycles. The summed E-state index contributed by atoms with van der Waals surface area (Å²) < 4.78 is 5.73. The Bertz CT molecular complexity index is 999. The van der Waals surface area contributed by atoms with E-state index in [9.17, 15) is 14.7 Å². The number of benzene rings is 3. The molecule has 1 atom stereocenters. The van der Waals surface area contributed by atoms with Crippen molar-refractivity contribution in [2.24, 2.45) is 0 Å². The molecule has 30 heavy (non-hydrogen) atoms. The third kappa shape index (κ3) is 6.36. The smallest absolute Gasteiger partial charge is 0.303 e. The van der Waals surface area contributed by atoms with E-state index in [2.05, 4.69) is 5.32 Å². The molecule has 6 heteroatoms.